The molecule has 38 valence electrons. The summed E-state index contributed by atoms with van der Waals surface area (Å²) in [7, 11) is 0. The standard InChI is InChI=1S/C4H10OS/c1-3-4(2)5-6/h4,6H,3H2,1-2H3/t4-/m0/s1. The highest BCUT2D eigenvalue weighted by molar-refractivity contribution is 7.75. The first-order valence-corrected chi connectivity index (χ1v) is 2.48. The summed E-state index contributed by atoms with van der Waals surface area (Å²) in [6, 6.07) is 0. The molecule has 0 fully saturated rings. The first kappa shape index (κ1) is 6.31. The van der Waals surface area contributed by atoms with Crippen LogP contribution in [0.3, 0.4) is 0 Å². The molecule has 0 bridgehead atoms. The quantitative estimate of drug-likeness (QED) is 0.416. The lowest BCUT2D eigenvalue weighted by Crippen LogP contribution is -1.96. The summed E-state index contributed by atoms with van der Waals surface area (Å²) in [5.74, 6) is 0. The average Bonchev–Trinajstić information content (AvgIpc) is 1.65. The van der Waals surface area contributed by atoms with E-state index in [0.717, 1.165) is 6.42 Å². The van der Waals surface area contributed by atoms with Gasteiger partial charge >= 0.3 is 0 Å². The third-order valence-corrected chi connectivity index (χ3v) is 1.11. The molecule has 0 unspecified atom stereocenters. The summed E-state index contributed by atoms with van der Waals surface area (Å²) < 4.78 is 4.59. The minimum atomic E-state index is 0.299. The van der Waals surface area contributed by atoms with Crippen LogP contribution >= 0.6 is 12.9 Å². The van der Waals surface area contributed by atoms with E-state index >= 15 is 0 Å². The van der Waals surface area contributed by atoms with Gasteiger partial charge in [-0.05, 0) is 26.3 Å². The predicted molar refractivity (Wildman–Crippen MR) is 29.8 cm³/mol. The van der Waals surface area contributed by atoms with E-state index in [4.69, 9.17) is 0 Å². The van der Waals surface area contributed by atoms with Crippen molar-refractivity contribution >= 4 is 12.9 Å². The van der Waals surface area contributed by atoms with Gasteiger partial charge in [0, 0.05) is 0 Å². The van der Waals surface area contributed by atoms with Gasteiger partial charge in [0.15, 0.2) is 0 Å². The molecule has 0 radical (unpaired) electrons. The molecule has 0 aliphatic heterocycles. The maximum absolute atomic E-state index is 4.59. The smallest absolute Gasteiger partial charge is 0.0688 e. The third kappa shape index (κ3) is 2.54. The van der Waals surface area contributed by atoms with Gasteiger partial charge in [-0.25, -0.2) is 0 Å². The van der Waals surface area contributed by atoms with Gasteiger partial charge in [-0.2, -0.15) is 0 Å². The van der Waals surface area contributed by atoms with Crippen LogP contribution in [0.25, 0.3) is 0 Å². The maximum atomic E-state index is 4.59. The molecule has 0 aromatic heterocycles. The minimum absolute atomic E-state index is 0.299. The molecule has 0 amide bonds. The normalized spacial score (nSPS) is 14.5. The molecule has 0 aliphatic rings. The van der Waals surface area contributed by atoms with Gasteiger partial charge in [0.25, 0.3) is 0 Å². The SMILES string of the molecule is CC[C@H](C)OS. The third-order valence-electron chi connectivity index (χ3n) is 0.755. The lowest BCUT2D eigenvalue weighted by atomic mass is 10.3. The predicted octanol–water partition coefficient (Wildman–Crippen LogP) is 1.65. The Morgan fingerprint density at radius 2 is 2.33 bits per heavy atom. The van der Waals surface area contributed by atoms with Crippen molar-refractivity contribution in [2.24, 2.45) is 0 Å². The fraction of sp³-hybridized carbons (Fsp3) is 1.00. The van der Waals surface area contributed by atoms with Crippen LogP contribution in [-0.4, -0.2) is 6.10 Å². The summed E-state index contributed by atoms with van der Waals surface area (Å²) in [4.78, 5) is 0. The molecule has 1 atom stereocenters. The summed E-state index contributed by atoms with van der Waals surface area (Å²) >= 11 is 3.60. The molecule has 0 saturated carbocycles. The highest BCUT2D eigenvalue weighted by atomic mass is 32.1. The van der Waals surface area contributed by atoms with Crippen molar-refractivity contribution in [2.45, 2.75) is 26.4 Å². The van der Waals surface area contributed by atoms with Gasteiger partial charge in [-0.1, -0.05) is 6.92 Å². The number of rotatable bonds is 2. The molecule has 0 aromatic carbocycles. The molecule has 2 heteroatoms. The Morgan fingerprint density at radius 1 is 1.83 bits per heavy atom. The number of thiol groups is 1. The van der Waals surface area contributed by atoms with E-state index in [-0.39, 0.29) is 0 Å². The Morgan fingerprint density at radius 3 is 2.33 bits per heavy atom. The van der Waals surface area contributed by atoms with Crippen LogP contribution in [0.1, 0.15) is 20.3 Å². The molecular weight excluding hydrogens is 96.1 g/mol. The van der Waals surface area contributed by atoms with Crippen molar-refractivity contribution in [3.05, 3.63) is 0 Å². The first-order valence-electron chi connectivity index (χ1n) is 2.11. The zero-order valence-corrected chi connectivity index (χ0v) is 5.03. The summed E-state index contributed by atoms with van der Waals surface area (Å²) in [5.41, 5.74) is 0. The van der Waals surface area contributed by atoms with E-state index in [0.29, 0.717) is 6.10 Å². The van der Waals surface area contributed by atoms with Crippen molar-refractivity contribution in [2.75, 3.05) is 0 Å². The average molecular weight is 106 g/mol. The van der Waals surface area contributed by atoms with Gasteiger partial charge in [0.05, 0.1) is 6.10 Å². The molecule has 0 spiro atoms. The van der Waals surface area contributed by atoms with Crippen LogP contribution in [0.2, 0.25) is 0 Å². The van der Waals surface area contributed by atoms with E-state index in [2.05, 4.69) is 24.0 Å². The van der Waals surface area contributed by atoms with E-state index < -0.39 is 0 Å². The monoisotopic (exact) mass is 106 g/mol. The topological polar surface area (TPSA) is 9.23 Å². The van der Waals surface area contributed by atoms with Crippen molar-refractivity contribution in [3.63, 3.8) is 0 Å². The zero-order valence-electron chi connectivity index (χ0n) is 4.14. The summed E-state index contributed by atoms with van der Waals surface area (Å²) in [5, 5.41) is 0. The van der Waals surface area contributed by atoms with E-state index in [9.17, 15) is 0 Å². The highest BCUT2D eigenvalue weighted by Crippen LogP contribution is 1.95. The Kier molecular flexibility index (Phi) is 3.68. The fourth-order valence-corrected chi connectivity index (χ4v) is 0.224. The van der Waals surface area contributed by atoms with Crippen LogP contribution in [0, 0.1) is 0 Å². The van der Waals surface area contributed by atoms with Crippen molar-refractivity contribution in [1.29, 1.82) is 0 Å². The molecule has 0 rings (SSSR count). The summed E-state index contributed by atoms with van der Waals surface area (Å²) in [6.07, 6.45) is 1.33. The molecule has 0 N–H and O–H groups in total. The number of hydrogen-bond donors (Lipinski definition) is 1. The van der Waals surface area contributed by atoms with E-state index in [1.54, 1.807) is 0 Å². The molecule has 0 aromatic rings. The molecule has 6 heavy (non-hydrogen) atoms. The number of hydrogen-bond acceptors (Lipinski definition) is 2. The lowest BCUT2D eigenvalue weighted by Gasteiger charge is -1.99. The van der Waals surface area contributed by atoms with Gasteiger partial charge in [0.1, 0.15) is 0 Å². The van der Waals surface area contributed by atoms with Gasteiger partial charge < -0.3 is 4.18 Å². The Bertz CT molecular complexity index is 26.7. The van der Waals surface area contributed by atoms with Gasteiger partial charge in [-0.15, -0.1) is 0 Å². The zero-order chi connectivity index (χ0) is 4.99. The van der Waals surface area contributed by atoms with Crippen molar-refractivity contribution in [1.82, 2.24) is 0 Å². The van der Waals surface area contributed by atoms with Crippen LogP contribution < -0.4 is 0 Å². The second kappa shape index (κ2) is 3.50. The largest absolute Gasteiger partial charge is 0.316 e. The van der Waals surface area contributed by atoms with Crippen LogP contribution in [0.15, 0.2) is 0 Å². The Hall–Kier alpha value is 0.310. The highest BCUT2D eigenvalue weighted by Gasteiger charge is 1.89. The molecule has 0 aliphatic carbocycles. The van der Waals surface area contributed by atoms with Gasteiger partial charge in [0.2, 0.25) is 0 Å². The van der Waals surface area contributed by atoms with E-state index in [1.807, 2.05) is 6.92 Å². The van der Waals surface area contributed by atoms with Crippen LogP contribution in [-0.2, 0) is 4.18 Å². The Balaban J connectivity index is 2.75. The molecular formula is C4H10OS. The van der Waals surface area contributed by atoms with Gasteiger partial charge in [-0.3, -0.25) is 0 Å². The lowest BCUT2D eigenvalue weighted by molar-refractivity contribution is 0.265. The van der Waals surface area contributed by atoms with E-state index in [1.165, 1.54) is 0 Å². The molecule has 0 saturated heterocycles. The molecule has 1 nitrogen and oxygen atoms in total. The molecule has 0 heterocycles. The van der Waals surface area contributed by atoms with Crippen molar-refractivity contribution < 1.29 is 4.18 Å². The minimum Gasteiger partial charge on any atom is -0.316 e. The second-order valence-electron chi connectivity index (χ2n) is 1.32. The first-order chi connectivity index (χ1) is 2.81. The van der Waals surface area contributed by atoms with Crippen LogP contribution in [0.4, 0.5) is 0 Å². The Labute approximate surface area is 44.3 Å². The maximum Gasteiger partial charge on any atom is 0.0688 e. The summed E-state index contributed by atoms with van der Waals surface area (Å²) in [6.45, 7) is 4.04. The van der Waals surface area contributed by atoms with Crippen LogP contribution in [0.5, 0.6) is 0 Å². The second-order valence-corrected chi connectivity index (χ2v) is 1.54. The van der Waals surface area contributed by atoms with Crippen molar-refractivity contribution in [3.8, 4) is 0 Å². The fourth-order valence-electron chi connectivity index (χ4n) is 0.0745.